The number of hydrogen-bond donors (Lipinski definition) is 0. The zero-order valence-electron chi connectivity index (χ0n) is 13.2. The van der Waals surface area contributed by atoms with Crippen LogP contribution in [0.25, 0.3) is 0 Å². The molecule has 2 nitrogen and oxygen atoms in total. The molecule has 0 spiro atoms. The third-order valence-electron chi connectivity index (χ3n) is 5.00. The monoisotopic (exact) mass is 272 g/mol. The smallest absolute Gasteiger partial charge is 0.0367 e. The predicted octanol–water partition coefficient (Wildman–Crippen LogP) is 3.66. The summed E-state index contributed by atoms with van der Waals surface area (Å²) in [5.74, 6) is 0. The summed E-state index contributed by atoms with van der Waals surface area (Å²) in [7, 11) is 0. The van der Waals surface area contributed by atoms with Gasteiger partial charge in [-0.3, -0.25) is 4.90 Å². The largest absolute Gasteiger partial charge is 0.369 e. The van der Waals surface area contributed by atoms with Crippen LogP contribution in [0.4, 0.5) is 5.69 Å². The van der Waals surface area contributed by atoms with Gasteiger partial charge >= 0.3 is 0 Å². The molecule has 0 unspecified atom stereocenters. The van der Waals surface area contributed by atoms with E-state index in [-0.39, 0.29) is 5.41 Å². The highest BCUT2D eigenvalue weighted by molar-refractivity contribution is 5.49. The van der Waals surface area contributed by atoms with Crippen molar-refractivity contribution >= 4 is 5.69 Å². The summed E-state index contributed by atoms with van der Waals surface area (Å²) < 4.78 is 0. The number of anilines is 1. The number of piperazine rings is 1. The molecule has 1 aliphatic heterocycles. The topological polar surface area (TPSA) is 6.48 Å². The van der Waals surface area contributed by atoms with Crippen LogP contribution in [0.5, 0.6) is 0 Å². The lowest BCUT2D eigenvalue weighted by molar-refractivity contribution is 0.120. The van der Waals surface area contributed by atoms with Gasteiger partial charge in [0.25, 0.3) is 0 Å². The van der Waals surface area contributed by atoms with E-state index in [0.29, 0.717) is 0 Å². The van der Waals surface area contributed by atoms with Gasteiger partial charge < -0.3 is 4.90 Å². The molecule has 20 heavy (non-hydrogen) atoms. The SMILES string of the molecule is CC(C)(C)c1ccc(N2CCN(C3CCC3)CC2)cc1. The van der Waals surface area contributed by atoms with Gasteiger partial charge in [-0.25, -0.2) is 0 Å². The van der Waals surface area contributed by atoms with Crippen LogP contribution < -0.4 is 4.90 Å². The van der Waals surface area contributed by atoms with E-state index in [9.17, 15) is 0 Å². The maximum Gasteiger partial charge on any atom is 0.0367 e. The summed E-state index contributed by atoms with van der Waals surface area (Å²) >= 11 is 0. The van der Waals surface area contributed by atoms with E-state index >= 15 is 0 Å². The molecule has 1 aliphatic carbocycles. The molecule has 2 aliphatic rings. The highest BCUT2D eigenvalue weighted by Crippen LogP contribution is 2.28. The molecule has 1 aromatic rings. The van der Waals surface area contributed by atoms with Crippen molar-refractivity contribution in [3.05, 3.63) is 29.8 Å². The van der Waals surface area contributed by atoms with Gasteiger partial charge in [-0.15, -0.1) is 0 Å². The summed E-state index contributed by atoms with van der Waals surface area (Å²) in [6.45, 7) is 11.7. The van der Waals surface area contributed by atoms with Crippen molar-refractivity contribution < 1.29 is 0 Å². The van der Waals surface area contributed by atoms with E-state index in [1.165, 1.54) is 56.7 Å². The molecule has 2 fully saturated rings. The van der Waals surface area contributed by atoms with E-state index in [0.717, 1.165) is 6.04 Å². The number of benzene rings is 1. The van der Waals surface area contributed by atoms with Gasteiger partial charge in [0.1, 0.15) is 0 Å². The van der Waals surface area contributed by atoms with Crippen molar-refractivity contribution in [1.82, 2.24) is 4.90 Å². The second kappa shape index (κ2) is 5.40. The van der Waals surface area contributed by atoms with Gasteiger partial charge in [0.05, 0.1) is 0 Å². The minimum Gasteiger partial charge on any atom is -0.369 e. The minimum absolute atomic E-state index is 0.251. The summed E-state index contributed by atoms with van der Waals surface area (Å²) in [6, 6.07) is 10.1. The maximum atomic E-state index is 2.70. The van der Waals surface area contributed by atoms with E-state index < -0.39 is 0 Å². The third kappa shape index (κ3) is 2.85. The first-order chi connectivity index (χ1) is 9.54. The number of nitrogens with zero attached hydrogens (tertiary/aromatic N) is 2. The molecule has 0 amide bonds. The number of rotatable bonds is 2. The maximum absolute atomic E-state index is 2.70. The molecule has 0 bridgehead atoms. The molecule has 1 saturated carbocycles. The zero-order chi connectivity index (χ0) is 14.2. The van der Waals surface area contributed by atoms with Crippen LogP contribution in [-0.2, 0) is 5.41 Å². The Hall–Kier alpha value is -1.02. The minimum atomic E-state index is 0.251. The fraction of sp³-hybridized carbons (Fsp3) is 0.667. The van der Waals surface area contributed by atoms with Crippen LogP contribution in [0, 0.1) is 0 Å². The Balaban J connectivity index is 1.60. The van der Waals surface area contributed by atoms with Crippen molar-refractivity contribution in [1.29, 1.82) is 0 Å². The summed E-state index contributed by atoms with van der Waals surface area (Å²) in [5.41, 5.74) is 3.07. The van der Waals surface area contributed by atoms with Crippen molar-refractivity contribution in [3.8, 4) is 0 Å². The Labute approximate surface area is 123 Å². The first-order valence-corrected chi connectivity index (χ1v) is 8.13. The molecule has 0 N–H and O–H groups in total. The second-order valence-corrected chi connectivity index (χ2v) is 7.40. The zero-order valence-corrected chi connectivity index (χ0v) is 13.2. The van der Waals surface area contributed by atoms with Gasteiger partial charge in [-0.2, -0.15) is 0 Å². The van der Waals surface area contributed by atoms with Crippen molar-refractivity contribution in [2.24, 2.45) is 0 Å². The summed E-state index contributed by atoms with van der Waals surface area (Å²) in [5, 5.41) is 0. The molecular formula is C18H28N2. The highest BCUT2D eigenvalue weighted by Gasteiger charge is 2.27. The van der Waals surface area contributed by atoms with Crippen LogP contribution in [0.15, 0.2) is 24.3 Å². The lowest BCUT2D eigenvalue weighted by Gasteiger charge is -2.43. The van der Waals surface area contributed by atoms with Crippen LogP contribution >= 0.6 is 0 Å². The van der Waals surface area contributed by atoms with E-state index in [4.69, 9.17) is 0 Å². The van der Waals surface area contributed by atoms with Gasteiger partial charge in [0, 0.05) is 37.9 Å². The van der Waals surface area contributed by atoms with E-state index in [1.54, 1.807) is 0 Å². The fourth-order valence-corrected chi connectivity index (χ4v) is 3.27. The Morgan fingerprint density at radius 1 is 0.900 bits per heavy atom. The molecule has 2 heteroatoms. The average Bonchev–Trinajstić information content (AvgIpc) is 2.37. The standard InChI is InChI=1S/C18H28N2/c1-18(2,3)15-7-9-17(10-8-15)20-13-11-19(12-14-20)16-5-4-6-16/h7-10,16H,4-6,11-14H2,1-3H3. The van der Waals surface area contributed by atoms with Gasteiger partial charge in [-0.1, -0.05) is 39.3 Å². The lowest BCUT2D eigenvalue weighted by Crippen LogP contribution is -2.52. The Morgan fingerprint density at radius 3 is 1.95 bits per heavy atom. The Kier molecular flexibility index (Phi) is 3.76. The second-order valence-electron chi connectivity index (χ2n) is 7.40. The van der Waals surface area contributed by atoms with E-state index in [1.807, 2.05) is 0 Å². The van der Waals surface area contributed by atoms with Crippen molar-refractivity contribution in [2.75, 3.05) is 31.1 Å². The molecule has 0 aromatic heterocycles. The number of hydrogen-bond acceptors (Lipinski definition) is 2. The van der Waals surface area contributed by atoms with Crippen molar-refractivity contribution in [2.45, 2.75) is 51.5 Å². The lowest BCUT2D eigenvalue weighted by atomic mass is 9.87. The first kappa shape index (κ1) is 13.9. The summed E-state index contributed by atoms with van der Waals surface area (Å²) in [6.07, 6.45) is 4.31. The quantitative estimate of drug-likeness (QED) is 0.810. The fourth-order valence-electron chi connectivity index (χ4n) is 3.27. The normalized spacial score (nSPS) is 21.9. The highest BCUT2D eigenvalue weighted by atomic mass is 15.3. The van der Waals surface area contributed by atoms with Gasteiger partial charge in [-0.05, 0) is 36.0 Å². The molecule has 0 radical (unpaired) electrons. The van der Waals surface area contributed by atoms with Gasteiger partial charge in [0.2, 0.25) is 0 Å². The van der Waals surface area contributed by atoms with Gasteiger partial charge in [0.15, 0.2) is 0 Å². The van der Waals surface area contributed by atoms with Crippen LogP contribution in [0.1, 0.15) is 45.6 Å². The summed E-state index contributed by atoms with van der Waals surface area (Å²) in [4.78, 5) is 5.24. The Bertz CT molecular complexity index is 431. The molecule has 1 heterocycles. The van der Waals surface area contributed by atoms with Crippen molar-refractivity contribution in [3.63, 3.8) is 0 Å². The van der Waals surface area contributed by atoms with Crippen LogP contribution in [0.2, 0.25) is 0 Å². The molecule has 110 valence electrons. The Morgan fingerprint density at radius 2 is 1.50 bits per heavy atom. The third-order valence-corrected chi connectivity index (χ3v) is 5.00. The van der Waals surface area contributed by atoms with Crippen LogP contribution in [-0.4, -0.2) is 37.1 Å². The molecule has 0 atom stereocenters. The van der Waals surface area contributed by atoms with E-state index in [2.05, 4.69) is 54.8 Å². The first-order valence-electron chi connectivity index (χ1n) is 8.13. The molecule has 1 saturated heterocycles. The predicted molar refractivity (Wildman–Crippen MR) is 86.6 cm³/mol. The molecule has 3 rings (SSSR count). The molecule has 1 aromatic carbocycles. The van der Waals surface area contributed by atoms with Crippen LogP contribution in [0.3, 0.4) is 0 Å². The average molecular weight is 272 g/mol. The molecular weight excluding hydrogens is 244 g/mol.